The summed E-state index contributed by atoms with van der Waals surface area (Å²) in [7, 11) is 0. The summed E-state index contributed by atoms with van der Waals surface area (Å²) in [6, 6.07) is 7.34. The van der Waals surface area contributed by atoms with Crippen molar-refractivity contribution in [3.05, 3.63) is 35.9 Å². The lowest BCUT2D eigenvalue weighted by atomic mass is 9.57. The summed E-state index contributed by atoms with van der Waals surface area (Å²) < 4.78 is 42.2. The van der Waals surface area contributed by atoms with Crippen molar-refractivity contribution in [1.82, 2.24) is 0 Å². The number of carbonyl (C=O) groups is 2. The maximum atomic E-state index is 13.4. The number of unbranched alkanes of at least 4 members (excludes halogenated alkanes) is 3. The third-order valence-corrected chi connectivity index (χ3v) is 9.04. The van der Waals surface area contributed by atoms with Gasteiger partial charge < -0.3 is 14.2 Å². The number of rotatable bonds is 20. The Morgan fingerprint density at radius 2 is 1.40 bits per heavy atom. The molecule has 0 aliphatic carbocycles. The van der Waals surface area contributed by atoms with E-state index in [0.29, 0.717) is 19.1 Å². The molecule has 5 nitrogen and oxygen atoms in total. The summed E-state index contributed by atoms with van der Waals surface area (Å²) in [5.74, 6) is -2.18. The molecule has 0 aromatic heterocycles. The van der Waals surface area contributed by atoms with E-state index in [1.807, 2.05) is 24.3 Å². The average molecular weight is 595 g/mol. The van der Waals surface area contributed by atoms with Gasteiger partial charge in [-0.15, -0.1) is 0 Å². The van der Waals surface area contributed by atoms with Crippen molar-refractivity contribution in [3.8, 4) is 5.75 Å². The largest absolute Gasteiger partial charge is 0.494 e. The minimum absolute atomic E-state index is 0.0296. The van der Waals surface area contributed by atoms with Crippen LogP contribution in [0.2, 0.25) is 0 Å². The zero-order valence-electron chi connectivity index (χ0n) is 27.6. The molecule has 1 aromatic carbocycles. The first-order valence-corrected chi connectivity index (χ1v) is 15.6. The third kappa shape index (κ3) is 13.2. The highest BCUT2D eigenvalue weighted by Crippen LogP contribution is 2.51. The van der Waals surface area contributed by atoms with Gasteiger partial charge in [0.2, 0.25) is 5.92 Å². The molecule has 1 unspecified atom stereocenters. The van der Waals surface area contributed by atoms with Gasteiger partial charge in [-0.25, -0.2) is 13.6 Å². The molecule has 0 saturated carbocycles. The number of hydrogen-bond donors (Lipinski definition) is 0. The summed E-state index contributed by atoms with van der Waals surface area (Å²) >= 11 is 0. The normalized spacial score (nSPS) is 14.2. The van der Waals surface area contributed by atoms with Gasteiger partial charge in [-0.2, -0.15) is 0 Å². The van der Waals surface area contributed by atoms with Crippen LogP contribution in [-0.4, -0.2) is 37.7 Å². The van der Waals surface area contributed by atoms with E-state index < -0.39 is 17.3 Å². The van der Waals surface area contributed by atoms with Crippen LogP contribution >= 0.6 is 0 Å². The first-order chi connectivity index (χ1) is 19.4. The van der Waals surface area contributed by atoms with Crippen LogP contribution in [0, 0.1) is 22.2 Å². The fraction of sp³-hybridized carbons (Fsp3) is 0.714. The molecule has 0 heterocycles. The van der Waals surface area contributed by atoms with Gasteiger partial charge in [-0.3, -0.25) is 4.79 Å². The highest BCUT2D eigenvalue weighted by molar-refractivity contribution is 5.87. The lowest BCUT2D eigenvalue weighted by Crippen LogP contribution is -2.46. The fourth-order valence-corrected chi connectivity index (χ4v) is 4.61. The molecule has 0 aliphatic rings. The second kappa shape index (κ2) is 17.0. The molecule has 0 amide bonds. The Labute approximate surface area is 253 Å². The number of alkyl halides is 2. The quantitative estimate of drug-likeness (QED) is 0.0854. The molecule has 0 radical (unpaired) electrons. The Balaban J connectivity index is 2.35. The number of esters is 2. The number of ether oxygens (including phenoxy) is 3. The highest BCUT2D eigenvalue weighted by Gasteiger charge is 2.50. The van der Waals surface area contributed by atoms with Crippen LogP contribution in [0.3, 0.4) is 0 Å². The van der Waals surface area contributed by atoms with Crippen LogP contribution in [0.5, 0.6) is 5.75 Å². The molecule has 0 aliphatic heterocycles. The van der Waals surface area contributed by atoms with Crippen LogP contribution in [0.4, 0.5) is 8.78 Å². The zero-order chi connectivity index (χ0) is 32.0. The van der Waals surface area contributed by atoms with Crippen molar-refractivity contribution < 1.29 is 32.6 Å². The zero-order valence-corrected chi connectivity index (χ0v) is 27.6. The topological polar surface area (TPSA) is 61.8 Å². The Bertz CT molecular complexity index is 976. The predicted molar refractivity (Wildman–Crippen MR) is 167 cm³/mol. The van der Waals surface area contributed by atoms with Crippen LogP contribution < -0.4 is 4.74 Å². The van der Waals surface area contributed by atoms with Crippen LogP contribution in [0.15, 0.2) is 30.3 Å². The van der Waals surface area contributed by atoms with Crippen molar-refractivity contribution >= 4 is 18.0 Å². The Kier molecular flexibility index (Phi) is 15.2. The Hall–Kier alpha value is -2.44. The minimum atomic E-state index is -2.75. The van der Waals surface area contributed by atoms with Gasteiger partial charge in [0, 0.05) is 12.5 Å². The van der Waals surface area contributed by atoms with Gasteiger partial charge >= 0.3 is 11.9 Å². The third-order valence-electron chi connectivity index (χ3n) is 9.04. The van der Waals surface area contributed by atoms with Crippen molar-refractivity contribution in [2.75, 3.05) is 19.8 Å². The summed E-state index contributed by atoms with van der Waals surface area (Å²) in [5.41, 5.74) is 0.132. The maximum absolute atomic E-state index is 13.4. The van der Waals surface area contributed by atoms with E-state index in [0.717, 1.165) is 56.8 Å². The van der Waals surface area contributed by atoms with E-state index in [1.165, 1.54) is 6.08 Å². The summed E-state index contributed by atoms with van der Waals surface area (Å²) in [6.07, 6.45) is 8.09. The van der Waals surface area contributed by atoms with Gasteiger partial charge in [-0.1, -0.05) is 60.6 Å². The molecule has 0 N–H and O–H groups in total. The number of hydrogen-bond acceptors (Lipinski definition) is 5. The van der Waals surface area contributed by atoms with E-state index in [1.54, 1.807) is 6.08 Å². The summed E-state index contributed by atoms with van der Waals surface area (Å²) in [6.45, 7) is 19.4. The minimum Gasteiger partial charge on any atom is -0.494 e. The van der Waals surface area contributed by atoms with E-state index in [4.69, 9.17) is 14.2 Å². The van der Waals surface area contributed by atoms with Gasteiger partial charge in [0.1, 0.15) is 5.75 Å². The second-order valence-electron chi connectivity index (χ2n) is 13.5. The second-order valence-corrected chi connectivity index (χ2v) is 13.5. The lowest BCUT2D eigenvalue weighted by Gasteiger charge is -2.47. The predicted octanol–water partition coefficient (Wildman–Crippen LogP) is 9.68. The number of benzene rings is 1. The van der Waals surface area contributed by atoms with Crippen LogP contribution in [0.25, 0.3) is 6.08 Å². The van der Waals surface area contributed by atoms with Crippen molar-refractivity contribution in [2.45, 2.75) is 120 Å². The summed E-state index contributed by atoms with van der Waals surface area (Å²) in [5, 5.41) is 0. The fourth-order valence-electron chi connectivity index (χ4n) is 4.61. The Morgan fingerprint density at radius 1 is 0.833 bits per heavy atom. The van der Waals surface area contributed by atoms with E-state index in [9.17, 15) is 18.4 Å². The molecule has 1 rings (SSSR count). The summed E-state index contributed by atoms with van der Waals surface area (Å²) in [4.78, 5) is 25.1. The first-order valence-electron chi connectivity index (χ1n) is 15.6. The monoisotopic (exact) mass is 594 g/mol. The van der Waals surface area contributed by atoms with E-state index in [2.05, 4.69) is 55.4 Å². The molecule has 240 valence electrons. The number of halogens is 2. The standard InChI is InChI=1S/C35H56F2O5/c1-10-33(6,7)34(8,26-32(4,5)27(2)3)31(39)42-24-14-12-11-13-23-40-29-19-16-28(17-20-29)18-21-30(38)41-25-15-22-35(9,36)37/h16-21,27H,10-15,22-26H2,1-9H3/b21-18+. The number of carbonyl (C=O) groups excluding carboxylic acids is 2. The smallest absolute Gasteiger partial charge is 0.330 e. The van der Waals surface area contributed by atoms with Crippen LogP contribution in [0.1, 0.15) is 119 Å². The van der Waals surface area contributed by atoms with Gasteiger partial charge in [0.25, 0.3) is 0 Å². The van der Waals surface area contributed by atoms with Crippen molar-refractivity contribution in [2.24, 2.45) is 22.2 Å². The molecular weight excluding hydrogens is 538 g/mol. The maximum Gasteiger partial charge on any atom is 0.330 e. The lowest BCUT2D eigenvalue weighted by molar-refractivity contribution is -0.167. The first kappa shape index (κ1) is 37.6. The Morgan fingerprint density at radius 3 is 1.95 bits per heavy atom. The average Bonchev–Trinajstić information content (AvgIpc) is 2.90. The molecule has 0 spiro atoms. The van der Waals surface area contributed by atoms with Gasteiger partial charge in [0.05, 0.1) is 25.2 Å². The highest BCUT2D eigenvalue weighted by atomic mass is 19.3. The molecule has 1 atom stereocenters. The van der Waals surface area contributed by atoms with E-state index >= 15 is 0 Å². The molecule has 0 bridgehead atoms. The molecule has 1 aromatic rings. The van der Waals surface area contributed by atoms with Crippen molar-refractivity contribution in [3.63, 3.8) is 0 Å². The molecule has 0 fully saturated rings. The van der Waals surface area contributed by atoms with Crippen molar-refractivity contribution in [1.29, 1.82) is 0 Å². The molecule has 42 heavy (non-hydrogen) atoms. The van der Waals surface area contributed by atoms with E-state index in [-0.39, 0.29) is 36.2 Å². The van der Waals surface area contributed by atoms with Crippen LogP contribution in [-0.2, 0) is 19.1 Å². The molecule has 7 heteroatoms. The molecule has 0 saturated heterocycles. The molecular formula is C35H56F2O5. The van der Waals surface area contributed by atoms with Gasteiger partial charge in [-0.05, 0) is 99.3 Å². The van der Waals surface area contributed by atoms with Gasteiger partial charge in [0.15, 0.2) is 0 Å². The SMILES string of the molecule is CCC(C)(C)C(C)(CC(C)(C)C(C)C)C(=O)OCCCCCCOc1ccc(/C=C/C(=O)OCCCC(C)(F)F)cc1.